The van der Waals surface area contributed by atoms with Crippen molar-refractivity contribution in [3.63, 3.8) is 0 Å². The average Bonchev–Trinajstić information content (AvgIpc) is 2.38. The molecule has 0 spiro atoms. The molecule has 0 saturated heterocycles. The van der Waals surface area contributed by atoms with Crippen LogP contribution in [0.15, 0.2) is 24.3 Å². The van der Waals surface area contributed by atoms with Gasteiger partial charge in [-0.2, -0.15) is 0 Å². The Bertz CT molecular complexity index is 353. The second kappa shape index (κ2) is 7.14. The molecule has 1 unspecified atom stereocenters. The van der Waals surface area contributed by atoms with Gasteiger partial charge in [0.1, 0.15) is 11.6 Å². The monoisotopic (exact) mass is 257 g/mol. The molecule has 0 bridgehead atoms. The van der Waals surface area contributed by atoms with Gasteiger partial charge in [0, 0.05) is 0 Å². The number of hydrogen-bond acceptors (Lipinski definition) is 3. The fourth-order valence-corrected chi connectivity index (χ4v) is 1.55. The minimum absolute atomic E-state index is 0.0981. The fourth-order valence-electron chi connectivity index (χ4n) is 1.47. The maximum atomic E-state index is 11.1. The van der Waals surface area contributed by atoms with Gasteiger partial charge >= 0.3 is 0 Å². The lowest BCUT2D eigenvalue weighted by atomic mass is 10.1. The molecule has 0 aliphatic rings. The van der Waals surface area contributed by atoms with Crippen LogP contribution in [0, 0.1) is 0 Å². The highest BCUT2D eigenvalue weighted by molar-refractivity contribution is 6.27. The van der Waals surface area contributed by atoms with E-state index in [0.717, 1.165) is 11.3 Å². The number of benzene rings is 1. The first kappa shape index (κ1) is 13.8. The normalized spacial score (nSPS) is 11.9. The molecule has 1 amide bonds. The number of alkyl halides is 1. The SMILES string of the molecule is COc1ccc(CC(CO)NC(=O)CCl)cc1. The summed E-state index contributed by atoms with van der Waals surface area (Å²) in [7, 11) is 1.60. The van der Waals surface area contributed by atoms with Crippen molar-refractivity contribution < 1.29 is 14.6 Å². The van der Waals surface area contributed by atoms with Crippen molar-refractivity contribution in [2.24, 2.45) is 0 Å². The van der Waals surface area contributed by atoms with E-state index in [2.05, 4.69) is 5.32 Å². The summed E-state index contributed by atoms with van der Waals surface area (Å²) >= 11 is 5.39. The first-order chi connectivity index (χ1) is 8.19. The van der Waals surface area contributed by atoms with Gasteiger partial charge < -0.3 is 15.2 Å². The van der Waals surface area contributed by atoms with Crippen molar-refractivity contribution in [3.8, 4) is 5.75 Å². The molecule has 2 N–H and O–H groups in total. The van der Waals surface area contributed by atoms with Crippen molar-refractivity contribution in [2.75, 3.05) is 19.6 Å². The zero-order chi connectivity index (χ0) is 12.7. The third-order valence-corrected chi connectivity index (χ3v) is 2.59. The van der Waals surface area contributed by atoms with E-state index in [0.29, 0.717) is 6.42 Å². The maximum absolute atomic E-state index is 11.1. The minimum atomic E-state index is -0.311. The van der Waals surface area contributed by atoms with E-state index >= 15 is 0 Å². The molecule has 0 heterocycles. The number of hydrogen-bond donors (Lipinski definition) is 2. The van der Waals surface area contributed by atoms with Gasteiger partial charge in [0.25, 0.3) is 0 Å². The van der Waals surface area contributed by atoms with E-state index < -0.39 is 0 Å². The lowest BCUT2D eigenvalue weighted by Gasteiger charge is -2.15. The number of aliphatic hydroxyl groups excluding tert-OH is 1. The molecule has 1 aromatic rings. The Kier molecular flexibility index (Phi) is 5.80. The standard InChI is InChI=1S/C12H16ClNO3/c1-17-11-4-2-9(3-5-11)6-10(8-15)14-12(16)7-13/h2-5,10,15H,6-8H2,1H3,(H,14,16). The smallest absolute Gasteiger partial charge is 0.235 e. The van der Waals surface area contributed by atoms with Gasteiger partial charge in [0.05, 0.1) is 19.8 Å². The van der Waals surface area contributed by atoms with Crippen LogP contribution in [-0.4, -0.2) is 36.7 Å². The van der Waals surface area contributed by atoms with Gasteiger partial charge in [-0.15, -0.1) is 11.6 Å². The largest absolute Gasteiger partial charge is 0.497 e. The molecule has 1 aromatic carbocycles. The second-order valence-corrected chi connectivity index (χ2v) is 3.90. The molecule has 5 heteroatoms. The molecule has 1 rings (SSSR count). The molecular weight excluding hydrogens is 242 g/mol. The summed E-state index contributed by atoms with van der Waals surface area (Å²) in [5, 5.41) is 11.8. The topological polar surface area (TPSA) is 58.6 Å². The quantitative estimate of drug-likeness (QED) is 0.746. The summed E-state index contributed by atoms with van der Waals surface area (Å²) in [5.74, 6) is 0.400. The summed E-state index contributed by atoms with van der Waals surface area (Å²) < 4.78 is 5.05. The van der Waals surface area contributed by atoms with Crippen LogP contribution in [0.4, 0.5) is 0 Å². The van der Waals surface area contributed by atoms with E-state index in [4.69, 9.17) is 21.4 Å². The number of carbonyl (C=O) groups is 1. The van der Waals surface area contributed by atoms with Crippen molar-refractivity contribution in [3.05, 3.63) is 29.8 Å². The number of ether oxygens (including phenoxy) is 1. The Balaban J connectivity index is 2.57. The third kappa shape index (κ3) is 4.63. The number of halogens is 1. The lowest BCUT2D eigenvalue weighted by Crippen LogP contribution is -2.39. The molecule has 0 aliphatic carbocycles. The van der Waals surface area contributed by atoms with Crippen molar-refractivity contribution in [2.45, 2.75) is 12.5 Å². The summed E-state index contributed by atoms with van der Waals surface area (Å²) in [6.45, 7) is -0.116. The van der Waals surface area contributed by atoms with Crippen LogP contribution < -0.4 is 10.1 Å². The molecule has 0 aliphatic heterocycles. The average molecular weight is 258 g/mol. The Morgan fingerprint density at radius 2 is 2.12 bits per heavy atom. The summed E-state index contributed by atoms with van der Waals surface area (Å²) in [6, 6.07) is 7.16. The lowest BCUT2D eigenvalue weighted by molar-refractivity contribution is -0.119. The van der Waals surface area contributed by atoms with Gasteiger partial charge in [0.2, 0.25) is 5.91 Å². The van der Waals surface area contributed by atoms with E-state index in [-0.39, 0.29) is 24.4 Å². The van der Waals surface area contributed by atoms with Crippen LogP contribution in [0.2, 0.25) is 0 Å². The highest BCUT2D eigenvalue weighted by Gasteiger charge is 2.11. The zero-order valence-electron chi connectivity index (χ0n) is 9.65. The molecule has 4 nitrogen and oxygen atoms in total. The Morgan fingerprint density at radius 1 is 1.47 bits per heavy atom. The van der Waals surface area contributed by atoms with E-state index in [1.54, 1.807) is 7.11 Å². The van der Waals surface area contributed by atoms with E-state index in [1.807, 2.05) is 24.3 Å². The molecule has 17 heavy (non-hydrogen) atoms. The van der Waals surface area contributed by atoms with Gasteiger partial charge in [-0.25, -0.2) is 0 Å². The zero-order valence-corrected chi connectivity index (χ0v) is 10.4. The molecule has 94 valence electrons. The molecule has 1 atom stereocenters. The maximum Gasteiger partial charge on any atom is 0.235 e. The number of rotatable bonds is 6. The van der Waals surface area contributed by atoms with Gasteiger partial charge in [-0.05, 0) is 24.1 Å². The fraction of sp³-hybridized carbons (Fsp3) is 0.417. The van der Waals surface area contributed by atoms with Crippen molar-refractivity contribution >= 4 is 17.5 Å². The summed E-state index contributed by atoms with van der Waals surface area (Å²) in [5.41, 5.74) is 1.01. The van der Waals surface area contributed by atoms with Crippen LogP contribution >= 0.6 is 11.6 Å². The first-order valence-electron chi connectivity index (χ1n) is 5.28. The number of carbonyl (C=O) groups excluding carboxylic acids is 1. The molecular formula is C12H16ClNO3. The number of methoxy groups -OCH3 is 1. The predicted octanol–water partition coefficient (Wildman–Crippen LogP) is 0.954. The number of nitrogens with one attached hydrogen (secondary N) is 1. The van der Waals surface area contributed by atoms with Gasteiger partial charge in [0.15, 0.2) is 0 Å². The Labute approximate surface area is 106 Å². The number of aliphatic hydroxyl groups is 1. The van der Waals surface area contributed by atoms with Crippen LogP contribution in [0.25, 0.3) is 0 Å². The molecule has 0 fully saturated rings. The third-order valence-electron chi connectivity index (χ3n) is 2.35. The van der Waals surface area contributed by atoms with E-state index in [1.165, 1.54) is 0 Å². The first-order valence-corrected chi connectivity index (χ1v) is 5.82. The van der Waals surface area contributed by atoms with Crippen LogP contribution in [0.1, 0.15) is 5.56 Å². The van der Waals surface area contributed by atoms with Crippen molar-refractivity contribution in [1.29, 1.82) is 0 Å². The minimum Gasteiger partial charge on any atom is -0.497 e. The highest BCUT2D eigenvalue weighted by atomic mass is 35.5. The molecule has 0 radical (unpaired) electrons. The highest BCUT2D eigenvalue weighted by Crippen LogP contribution is 2.12. The van der Waals surface area contributed by atoms with E-state index in [9.17, 15) is 4.79 Å². The van der Waals surface area contributed by atoms with Crippen LogP contribution in [0.3, 0.4) is 0 Å². The number of amides is 1. The van der Waals surface area contributed by atoms with Gasteiger partial charge in [-0.1, -0.05) is 12.1 Å². The molecule has 0 aromatic heterocycles. The Hall–Kier alpha value is -1.26. The van der Waals surface area contributed by atoms with Gasteiger partial charge in [-0.3, -0.25) is 4.79 Å². The molecule has 0 saturated carbocycles. The second-order valence-electron chi connectivity index (χ2n) is 3.63. The predicted molar refractivity (Wildman–Crippen MR) is 66.4 cm³/mol. The van der Waals surface area contributed by atoms with Crippen molar-refractivity contribution in [1.82, 2.24) is 5.32 Å². The van der Waals surface area contributed by atoms with Crippen LogP contribution in [-0.2, 0) is 11.2 Å². The van der Waals surface area contributed by atoms with Crippen LogP contribution in [0.5, 0.6) is 5.75 Å². The summed E-state index contributed by atoms with van der Waals surface area (Å²) in [4.78, 5) is 11.1. The Morgan fingerprint density at radius 3 is 2.59 bits per heavy atom. The summed E-state index contributed by atoms with van der Waals surface area (Å²) in [6.07, 6.45) is 0.559.